The first-order chi connectivity index (χ1) is 72.3. The first-order valence-electron chi connectivity index (χ1n) is 49.9. The van der Waals surface area contributed by atoms with Crippen LogP contribution < -0.4 is 14.7 Å². The maximum Gasteiger partial charge on any atom is 0.0476 e. The lowest BCUT2D eigenvalue weighted by Crippen LogP contribution is -2.09. The fourth-order valence-electron chi connectivity index (χ4n) is 22.0. The fraction of sp³-hybridized carbons (Fsp3) is 0. The van der Waals surface area contributed by atoms with Gasteiger partial charge in [-0.3, -0.25) is 0 Å². The topological polar surface area (TPSA) is 9.72 Å². The van der Waals surface area contributed by atoms with Crippen LogP contribution in [0.5, 0.6) is 0 Å². The number of fused-ring (bicyclic) bond motifs is 20. The number of nitrogens with zero attached hydrogens (tertiary/aromatic N) is 3. The van der Waals surface area contributed by atoms with Crippen molar-refractivity contribution in [3.8, 4) is 66.8 Å². The molecule has 3 aromatic heterocycles. The second-order valence-corrected chi connectivity index (χ2v) is 40.9. The normalized spacial score (nSPS) is 11.6. The Balaban J connectivity index is 0.000000109. The van der Waals surface area contributed by atoms with E-state index in [2.05, 4.69) is 567 Å². The first-order valence-corrected chi connectivity index (χ1v) is 52.3. The molecule has 0 saturated carbocycles. The highest BCUT2D eigenvalue weighted by Gasteiger charge is 2.24. The van der Waals surface area contributed by atoms with E-state index < -0.39 is 0 Å². The molecule has 684 valence electrons. The van der Waals surface area contributed by atoms with Gasteiger partial charge in [0, 0.05) is 112 Å². The highest BCUT2D eigenvalue weighted by molar-refractivity contribution is 7.26. The number of hydrogen-bond donors (Lipinski definition) is 0. The summed E-state index contributed by atoms with van der Waals surface area (Å²) in [5.41, 5.74) is 24.9. The molecular formula is C140H91N3S3. The summed E-state index contributed by atoms with van der Waals surface area (Å²) in [6.45, 7) is 0. The van der Waals surface area contributed by atoms with E-state index in [0.29, 0.717) is 0 Å². The average molecular weight is 1910 g/mol. The summed E-state index contributed by atoms with van der Waals surface area (Å²) in [7, 11) is 0. The Morgan fingerprint density at radius 1 is 0.103 bits per heavy atom. The zero-order valence-corrected chi connectivity index (χ0v) is 82.1. The summed E-state index contributed by atoms with van der Waals surface area (Å²) in [5.74, 6) is 0. The molecule has 29 rings (SSSR count). The van der Waals surface area contributed by atoms with Gasteiger partial charge in [-0.25, -0.2) is 0 Å². The van der Waals surface area contributed by atoms with Crippen LogP contribution in [0.1, 0.15) is 0 Å². The van der Waals surface area contributed by atoms with E-state index in [1.807, 2.05) is 34.0 Å². The summed E-state index contributed by atoms with van der Waals surface area (Å²) < 4.78 is 7.83. The van der Waals surface area contributed by atoms with Gasteiger partial charge in [-0.2, -0.15) is 0 Å². The summed E-state index contributed by atoms with van der Waals surface area (Å²) in [4.78, 5) is 7.15. The van der Waals surface area contributed by atoms with Gasteiger partial charge in [0.1, 0.15) is 0 Å². The molecule has 0 amide bonds. The smallest absolute Gasteiger partial charge is 0.0476 e. The Hall–Kier alpha value is -18.1. The molecule has 26 aromatic carbocycles. The van der Waals surface area contributed by atoms with Gasteiger partial charge in [-0.15, -0.1) is 34.0 Å². The highest BCUT2D eigenvalue weighted by atomic mass is 32.1. The predicted octanol–water partition coefficient (Wildman–Crippen LogP) is 41.8. The third-order valence-electron chi connectivity index (χ3n) is 29.1. The number of benzene rings is 26. The van der Waals surface area contributed by atoms with Gasteiger partial charge in [0.25, 0.3) is 0 Å². The van der Waals surface area contributed by atoms with Gasteiger partial charge in [0.15, 0.2) is 0 Å². The van der Waals surface area contributed by atoms with Crippen LogP contribution in [0, 0.1) is 0 Å². The van der Waals surface area contributed by atoms with Crippen LogP contribution in [0.3, 0.4) is 0 Å². The van der Waals surface area contributed by atoms with Crippen molar-refractivity contribution in [1.82, 2.24) is 0 Å². The van der Waals surface area contributed by atoms with Gasteiger partial charge in [0.2, 0.25) is 0 Å². The van der Waals surface area contributed by atoms with Crippen molar-refractivity contribution in [3.63, 3.8) is 0 Å². The molecule has 0 atom stereocenters. The first kappa shape index (κ1) is 86.9. The van der Waals surface area contributed by atoms with Gasteiger partial charge in [0.05, 0.1) is 0 Å². The van der Waals surface area contributed by atoms with Crippen LogP contribution in [-0.4, -0.2) is 0 Å². The summed E-state index contributed by atoms with van der Waals surface area (Å²) in [6, 6.07) is 201. The largest absolute Gasteiger partial charge is 0.310 e. The van der Waals surface area contributed by atoms with E-state index in [1.54, 1.807) is 0 Å². The zero-order valence-electron chi connectivity index (χ0n) is 79.6. The van der Waals surface area contributed by atoms with E-state index in [4.69, 9.17) is 0 Å². The second-order valence-electron chi connectivity index (χ2n) is 37.7. The number of anilines is 9. The van der Waals surface area contributed by atoms with E-state index in [-0.39, 0.29) is 0 Å². The van der Waals surface area contributed by atoms with Crippen molar-refractivity contribution < 1.29 is 0 Å². The molecule has 0 spiro atoms. The van der Waals surface area contributed by atoms with Crippen LogP contribution in [0.2, 0.25) is 0 Å². The van der Waals surface area contributed by atoms with Gasteiger partial charge in [-0.1, -0.05) is 400 Å². The number of thiophene rings is 3. The molecule has 0 bridgehead atoms. The summed E-state index contributed by atoms with van der Waals surface area (Å²) >= 11 is 5.58. The molecule has 0 aliphatic carbocycles. The lowest BCUT2D eigenvalue weighted by Gasteiger charge is -2.26. The van der Waals surface area contributed by atoms with Gasteiger partial charge < -0.3 is 14.7 Å². The molecule has 0 radical (unpaired) electrons. The SMILES string of the molecule is c1ccc(-c2ccc(N(c3ccc(-c4cc5ccccc5c5ccccc45)cc3)c3ccc4c(c3)sc3ccccc34)cc2)cc1.c1ccc2c(-c3ccc(N(c4ccc(-c5cc6ccccc6c6ccccc56)cc4)c4ccc5c(c4)sc4ccccc45)cc3)cccc2c1.c1ccc2cc(-c3ccc(N(c4ccc(-c5cc6ccccc6c6ccccc56)cc4)c4ccc5c(c4)sc4ccccc45)cc3)ccc2c1. The molecule has 146 heavy (non-hydrogen) atoms. The fourth-order valence-corrected chi connectivity index (χ4v) is 25.4. The summed E-state index contributed by atoms with van der Waals surface area (Å²) in [5, 5.41) is 28.2. The molecule has 0 N–H and O–H groups in total. The molecule has 0 aliphatic heterocycles. The van der Waals surface area contributed by atoms with Crippen LogP contribution in [0.15, 0.2) is 552 Å². The van der Waals surface area contributed by atoms with Gasteiger partial charge in [-0.05, 0) is 305 Å². The Bertz CT molecular complexity index is 10100. The predicted molar refractivity (Wildman–Crippen MR) is 635 cm³/mol. The third-order valence-corrected chi connectivity index (χ3v) is 32.5. The Kier molecular flexibility index (Phi) is 22.3. The van der Waals surface area contributed by atoms with Crippen molar-refractivity contribution >= 4 is 232 Å². The van der Waals surface area contributed by atoms with E-state index in [0.717, 1.165) is 51.2 Å². The number of hydrogen-bond acceptors (Lipinski definition) is 6. The second kappa shape index (κ2) is 37.4. The zero-order chi connectivity index (χ0) is 96.5. The Morgan fingerprint density at radius 3 is 0.705 bits per heavy atom. The lowest BCUT2D eigenvalue weighted by molar-refractivity contribution is 1.29. The standard InChI is InChI=1S/2C48H31NS.C44H29NS/c1-3-13-39-32(10-1)12-9-18-40(39)33-20-24-36(25-21-33)49(38-28-29-45-44-17-7-8-19-47(44)50-48(45)31-38)37-26-22-34(23-27-37)46-30-35-11-2-4-14-41(35)42-15-5-6-16-43(42)46;1-2-10-35-29-36(18-17-32(35)9-1)33-19-23-38(24-20-33)49(40-27-28-45-44-15-7-8-16-47(44)50-48(45)31-40)39-25-21-34(22-26-39)46-30-37-11-3-4-12-41(37)42-13-5-6-14-43(42)46;1-2-10-30(11-3-1)31-18-22-34(23-19-31)45(36-26-27-41-40-16-8-9-17-43(40)46-44(41)29-36)35-24-20-32(21-25-35)42-28-33-12-4-5-13-37(33)38-14-6-7-15-39(38)42/h2*1-31H;1-29H. The number of rotatable bonds is 15. The van der Waals surface area contributed by atoms with E-state index >= 15 is 0 Å². The van der Waals surface area contributed by atoms with Crippen molar-refractivity contribution in [1.29, 1.82) is 0 Å². The van der Waals surface area contributed by atoms with Crippen LogP contribution in [-0.2, 0) is 0 Å². The Labute approximate surface area is 858 Å². The molecule has 29 aromatic rings. The molecular weight excluding hydrogens is 1820 g/mol. The van der Waals surface area contributed by atoms with E-state index in [1.165, 1.54) is 213 Å². The van der Waals surface area contributed by atoms with Crippen molar-refractivity contribution in [3.05, 3.63) is 552 Å². The quantitative estimate of drug-likeness (QED) is 0.0947. The van der Waals surface area contributed by atoms with Crippen molar-refractivity contribution in [2.45, 2.75) is 0 Å². The maximum atomic E-state index is 2.39. The molecule has 0 aliphatic rings. The molecule has 3 heterocycles. The summed E-state index contributed by atoms with van der Waals surface area (Å²) in [6.07, 6.45) is 0. The van der Waals surface area contributed by atoms with Crippen LogP contribution in [0.25, 0.3) is 213 Å². The van der Waals surface area contributed by atoms with Crippen LogP contribution in [0.4, 0.5) is 51.2 Å². The molecule has 3 nitrogen and oxygen atoms in total. The van der Waals surface area contributed by atoms with Gasteiger partial charge >= 0.3 is 0 Å². The molecule has 0 saturated heterocycles. The average Bonchev–Trinajstić information content (AvgIpc) is 1.17. The third kappa shape index (κ3) is 16.1. The van der Waals surface area contributed by atoms with Crippen LogP contribution >= 0.6 is 34.0 Å². The maximum absolute atomic E-state index is 2.39. The molecule has 6 heteroatoms. The van der Waals surface area contributed by atoms with Crippen molar-refractivity contribution in [2.75, 3.05) is 14.7 Å². The minimum absolute atomic E-state index is 1.12. The molecule has 0 fully saturated rings. The minimum atomic E-state index is 1.12. The lowest BCUT2D eigenvalue weighted by atomic mass is 9.93. The highest BCUT2D eigenvalue weighted by Crippen LogP contribution is 2.50. The Morgan fingerprint density at radius 2 is 0.342 bits per heavy atom. The van der Waals surface area contributed by atoms with E-state index in [9.17, 15) is 0 Å². The van der Waals surface area contributed by atoms with Crippen molar-refractivity contribution in [2.24, 2.45) is 0 Å². The molecule has 0 unspecified atom stereocenters. The minimum Gasteiger partial charge on any atom is -0.310 e. The monoisotopic (exact) mass is 1910 g/mol.